The summed E-state index contributed by atoms with van der Waals surface area (Å²) in [5.41, 5.74) is 2.23. The van der Waals surface area contributed by atoms with Crippen LogP contribution in [0.15, 0.2) is 36.8 Å². The zero-order valence-electron chi connectivity index (χ0n) is 10.2. The maximum atomic E-state index is 12.4. The second-order valence-corrected chi connectivity index (χ2v) is 4.61. The lowest BCUT2D eigenvalue weighted by atomic mass is 9.94. The van der Waals surface area contributed by atoms with Gasteiger partial charge in [-0.2, -0.15) is 0 Å². The van der Waals surface area contributed by atoms with Gasteiger partial charge in [-0.05, 0) is 37.6 Å². The molecule has 0 bridgehead atoms. The van der Waals surface area contributed by atoms with Crippen molar-refractivity contribution in [1.29, 1.82) is 0 Å². The Hall–Kier alpha value is -1.74. The second kappa shape index (κ2) is 5.27. The third-order valence-electron chi connectivity index (χ3n) is 2.87. The lowest BCUT2D eigenvalue weighted by Gasteiger charge is -2.11. The van der Waals surface area contributed by atoms with Crippen molar-refractivity contribution in [2.75, 3.05) is 0 Å². The van der Waals surface area contributed by atoms with Crippen molar-refractivity contribution in [1.82, 2.24) is 9.97 Å². The lowest BCUT2D eigenvalue weighted by molar-refractivity contribution is 0.0964. The molecule has 2 rings (SSSR count). The first-order valence-corrected chi connectivity index (χ1v) is 6.03. The molecule has 1 aromatic carbocycles. The Bertz CT molecular complexity index is 569. The summed E-state index contributed by atoms with van der Waals surface area (Å²) in [7, 11) is 0. The van der Waals surface area contributed by atoms with Gasteiger partial charge in [-0.15, -0.1) is 0 Å². The van der Waals surface area contributed by atoms with Crippen molar-refractivity contribution in [2.45, 2.75) is 19.8 Å². The Morgan fingerprint density at radius 3 is 2.72 bits per heavy atom. The van der Waals surface area contributed by atoms with Crippen molar-refractivity contribution in [3.63, 3.8) is 0 Å². The highest BCUT2D eigenvalue weighted by atomic mass is 35.5. The molecule has 4 heteroatoms. The van der Waals surface area contributed by atoms with Gasteiger partial charge in [-0.3, -0.25) is 14.8 Å². The number of aromatic nitrogens is 2. The molecule has 0 fully saturated rings. The molecule has 0 aliphatic carbocycles. The number of ketones is 1. The first-order valence-electron chi connectivity index (χ1n) is 5.66. The number of hydrogen-bond donors (Lipinski definition) is 0. The molecule has 0 radical (unpaired) electrons. The van der Waals surface area contributed by atoms with E-state index >= 15 is 0 Å². The van der Waals surface area contributed by atoms with Crippen LogP contribution in [0.1, 0.15) is 34.5 Å². The molecule has 0 amide bonds. The Balaban J connectivity index is 2.32. The van der Waals surface area contributed by atoms with Crippen LogP contribution >= 0.6 is 11.6 Å². The van der Waals surface area contributed by atoms with Crippen LogP contribution in [0.3, 0.4) is 0 Å². The summed E-state index contributed by atoms with van der Waals surface area (Å²) < 4.78 is 0. The van der Waals surface area contributed by atoms with E-state index in [-0.39, 0.29) is 11.7 Å². The number of hydrogen-bond acceptors (Lipinski definition) is 3. The van der Waals surface area contributed by atoms with Crippen molar-refractivity contribution < 1.29 is 4.79 Å². The van der Waals surface area contributed by atoms with E-state index in [1.807, 2.05) is 13.8 Å². The fourth-order valence-electron chi connectivity index (χ4n) is 1.81. The van der Waals surface area contributed by atoms with Gasteiger partial charge in [-0.1, -0.05) is 11.6 Å². The zero-order valence-corrected chi connectivity index (χ0v) is 11.0. The second-order valence-electron chi connectivity index (χ2n) is 4.18. The van der Waals surface area contributed by atoms with E-state index in [1.165, 1.54) is 0 Å². The summed E-state index contributed by atoms with van der Waals surface area (Å²) in [6.07, 6.45) is 4.80. The molecule has 18 heavy (non-hydrogen) atoms. The number of benzene rings is 1. The average molecular weight is 261 g/mol. The van der Waals surface area contributed by atoms with Crippen LogP contribution in [0.25, 0.3) is 0 Å². The Kier molecular flexibility index (Phi) is 3.72. The molecule has 1 atom stereocenters. The third kappa shape index (κ3) is 2.57. The number of rotatable bonds is 3. The number of nitrogens with zero attached hydrogens (tertiary/aromatic N) is 2. The number of carbonyl (C=O) groups is 1. The summed E-state index contributed by atoms with van der Waals surface area (Å²) in [6, 6.07) is 5.27. The van der Waals surface area contributed by atoms with Gasteiger partial charge in [0.15, 0.2) is 5.78 Å². The van der Waals surface area contributed by atoms with Crippen LogP contribution in [-0.4, -0.2) is 15.8 Å². The molecule has 1 heterocycles. The lowest BCUT2D eigenvalue weighted by Crippen LogP contribution is -2.12. The standard InChI is InChI=1S/C14H13ClN2O/c1-9-7-11(15)3-4-12(9)14(18)10(2)13-8-16-5-6-17-13/h3-8,10H,1-2H3. The Labute approximate surface area is 111 Å². The number of Topliss-reactive ketones (excluding diaryl/α,β-unsaturated/α-hetero) is 1. The quantitative estimate of drug-likeness (QED) is 0.794. The van der Waals surface area contributed by atoms with E-state index in [4.69, 9.17) is 11.6 Å². The monoisotopic (exact) mass is 260 g/mol. The Morgan fingerprint density at radius 1 is 1.33 bits per heavy atom. The molecule has 3 nitrogen and oxygen atoms in total. The highest BCUT2D eigenvalue weighted by Crippen LogP contribution is 2.22. The third-order valence-corrected chi connectivity index (χ3v) is 3.11. The van der Waals surface area contributed by atoms with Crippen LogP contribution in [0.2, 0.25) is 5.02 Å². The smallest absolute Gasteiger partial charge is 0.171 e. The number of carbonyl (C=O) groups excluding carboxylic acids is 1. The SMILES string of the molecule is Cc1cc(Cl)ccc1C(=O)C(C)c1cnccn1. The van der Waals surface area contributed by atoms with Crippen LogP contribution in [0.4, 0.5) is 0 Å². The van der Waals surface area contributed by atoms with E-state index in [2.05, 4.69) is 9.97 Å². The highest BCUT2D eigenvalue weighted by Gasteiger charge is 2.20. The van der Waals surface area contributed by atoms with Gasteiger partial charge in [0.1, 0.15) is 0 Å². The van der Waals surface area contributed by atoms with Gasteiger partial charge in [0, 0.05) is 29.2 Å². The molecule has 0 saturated carbocycles. The zero-order chi connectivity index (χ0) is 13.1. The molecule has 1 aromatic heterocycles. The van der Waals surface area contributed by atoms with Gasteiger partial charge in [0.2, 0.25) is 0 Å². The van der Waals surface area contributed by atoms with E-state index in [9.17, 15) is 4.79 Å². The van der Waals surface area contributed by atoms with E-state index in [0.717, 1.165) is 5.56 Å². The van der Waals surface area contributed by atoms with Gasteiger partial charge in [-0.25, -0.2) is 0 Å². The van der Waals surface area contributed by atoms with Crippen molar-refractivity contribution in [2.24, 2.45) is 0 Å². The maximum absolute atomic E-state index is 12.4. The van der Waals surface area contributed by atoms with Gasteiger partial charge in [0.25, 0.3) is 0 Å². The normalized spacial score (nSPS) is 12.2. The van der Waals surface area contributed by atoms with Crippen LogP contribution < -0.4 is 0 Å². The molecular formula is C14H13ClN2O. The molecular weight excluding hydrogens is 248 g/mol. The molecule has 0 aliphatic heterocycles. The maximum Gasteiger partial charge on any atom is 0.171 e. The summed E-state index contributed by atoms with van der Waals surface area (Å²) >= 11 is 5.88. The van der Waals surface area contributed by atoms with Crippen LogP contribution in [-0.2, 0) is 0 Å². The van der Waals surface area contributed by atoms with Gasteiger partial charge < -0.3 is 0 Å². The number of halogens is 1. The number of aryl methyl sites for hydroxylation is 1. The summed E-state index contributed by atoms with van der Waals surface area (Å²) in [6.45, 7) is 3.71. The van der Waals surface area contributed by atoms with E-state index in [1.54, 1.807) is 36.8 Å². The highest BCUT2D eigenvalue weighted by molar-refractivity contribution is 6.30. The predicted molar refractivity (Wildman–Crippen MR) is 71.0 cm³/mol. The first-order chi connectivity index (χ1) is 8.59. The Morgan fingerprint density at radius 2 is 2.11 bits per heavy atom. The first kappa shape index (κ1) is 12.7. The molecule has 0 N–H and O–H groups in total. The average Bonchev–Trinajstić information content (AvgIpc) is 2.38. The molecule has 92 valence electrons. The van der Waals surface area contributed by atoms with Crippen molar-refractivity contribution >= 4 is 17.4 Å². The van der Waals surface area contributed by atoms with Crippen molar-refractivity contribution in [3.05, 3.63) is 58.6 Å². The fourth-order valence-corrected chi connectivity index (χ4v) is 2.03. The van der Waals surface area contributed by atoms with Crippen LogP contribution in [0, 0.1) is 6.92 Å². The minimum Gasteiger partial charge on any atom is -0.293 e. The minimum absolute atomic E-state index is 0.0321. The molecule has 0 saturated heterocycles. The van der Waals surface area contributed by atoms with E-state index < -0.39 is 0 Å². The predicted octanol–water partition coefficient (Wildman–Crippen LogP) is 3.42. The summed E-state index contributed by atoms with van der Waals surface area (Å²) in [5, 5.41) is 0.635. The van der Waals surface area contributed by atoms with Crippen LogP contribution in [0.5, 0.6) is 0 Å². The van der Waals surface area contributed by atoms with Crippen molar-refractivity contribution in [3.8, 4) is 0 Å². The topological polar surface area (TPSA) is 42.9 Å². The van der Waals surface area contributed by atoms with Gasteiger partial charge >= 0.3 is 0 Å². The molecule has 0 aliphatic rings. The summed E-state index contributed by atoms with van der Waals surface area (Å²) in [4.78, 5) is 20.5. The largest absolute Gasteiger partial charge is 0.293 e. The fraction of sp³-hybridized carbons (Fsp3) is 0.214. The molecule has 1 unspecified atom stereocenters. The van der Waals surface area contributed by atoms with Gasteiger partial charge in [0.05, 0.1) is 11.6 Å². The molecule has 2 aromatic rings. The minimum atomic E-state index is -0.307. The van der Waals surface area contributed by atoms with E-state index in [0.29, 0.717) is 16.3 Å². The molecule has 0 spiro atoms. The summed E-state index contributed by atoms with van der Waals surface area (Å²) in [5.74, 6) is -0.275.